The first-order valence-electron chi connectivity index (χ1n) is 2.17. The van der Waals surface area contributed by atoms with Crippen LogP contribution in [0.3, 0.4) is 0 Å². The second-order valence-electron chi connectivity index (χ2n) is 1.42. The normalized spacial score (nSPS) is 8.11. The van der Waals surface area contributed by atoms with Gasteiger partial charge in [-0.05, 0) is 6.07 Å². The van der Waals surface area contributed by atoms with E-state index in [2.05, 4.69) is 12.6 Å². The van der Waals surface area contributed by atoms with Crippen LogP contribution in [0.5, 0.6) is 0 Å². The molecule has 0 spiro atoms. The van der Waals surface area contributed by atoms with Crippen molar-refractivity contribution >= 4 is 12.6 Å². The summed E-state index contributed by atoms with van der Waals surface area (Å²) in [6.07, 6.45) is 2.81. The molecule has 0 aliphatic heterocycles. The fraction of sp³-hybridized carbons (Fsp3) is 0. The summed E-state index contributed by atoms with van der Waals surface area (Å²) in [5.41, 5.74) is 0. The Morgan fingerprint density at radius 2 is 2.33 bits per heavy atom. The Labute approximate surface area is 82.7 Å². The smallest absolute Gasteiger partial charge is 1.00 e. The zero-order valence-corrected chi connectivity index (χ0v) is 8.01. The Morgan fingerprint density at radius 1 is 1.67 bits per heavy atom. The Hall–Kier alpha value is 0.300. The molecule has 0 saturated heterocycles. The van der Waals surface area contributed by atoms with Crippen molar-refractivity contribution in [3.8, 4) is 0 Å². The number of thiol groups is 1. The van der Waals surface area contributed by atoms with E-state index in [1.807, 2.05) is 0 Å². The van der Waals surface area contributed by atoms with Gasteiger partial charge >= 0.3 is 29.6 Å². The van der Waals surface area contributed by atoms with Crippen molar-refractivity contribution in [1.82, 2.24) is 0 Å². The number of hydrogen-bond acceptors (Lipinski definition) is 2. The van der Waals surface area contributed by atoms with Crippen LogP contribution >= 0.6 is 12.6 Å². The van der Waals surface area contributed by atoms with Crippen LogP contribution in [0.15, 0.2) is 29.4 Å². The molecule has 0 unspecified atom stereocenters. The van der Waals surface area contributed by atoms with Gasteiger partial charge in [0, 0.05) is 6.07 Å². The molecular formula is C5H6NNaOS. The molecular weight excluding hydrogens is 145 g/mol. The Kier molecular flexibility index (Phi) is 4.31. The van der Waals surface area contributed by atoms with Gasteiger partial charge in [0.25, 0.3) is 0 Å². The topological polar surface area (TPSA) is 26.9 Å². The van der Waals surface area contributed by atoms with Gasteiger partial charge in [0.2, 0.25) is 0 Å². The molecule has 1 aromatic rings. The van der Waals surface area contributed by atoms with Gasteiger partial charge in [0.15, 0.2) is 12.4 Å². The van der Waals surface area contributed by atoms with Crippen LogP contribution in [0.25, 0.3) is 0 Å². The van der Waals surface area contributed by atoms with Gasteiger partial charge < -0.3 is 6.63 Å². The predicted octanol–water partition coefficient (Wildman–Crippen LogP) is -2.27. The maximum absolute atomic E-state index is 10.4. The van der Waals surface area contributed by atoms with E-state index in [0.717, 1.165) is 0 Å². The summed E-state index contributed by atoms with van der Waals surface area (Å²) in [7, 11) is 0. The molecule has 0 aliphatic rings. The van der Waals surface area contributed by atoms with Crippen molar-refractivity contribution < 1.29 is 35.7 Å². The zero-order chi connectivity index (χ0) is 5.98. The van der Waals surface area contributed by atoms with E-state index in [-0.39, 0.29) is 31.0 Å². The number of rotatable bonds is 0. The molecule has 1 rings (SSSR count). The van der Waals surface area contributed by atoms with E-state index in [0.29, 0.717) is 9.63 Å². The SMILES string of the molecule is [H-].[Na+].[O-][n+]1cccc(S)c1. The first-order chi connectivity index (χ1) is 3.79. The molecule has 4 heteroatoms. The van der Waals surface area contributed by atoms with Crippen molar-refractivity contribution in [3.05, 3.63) is 29.7 Å². The minimum atomic E-state index is 0. The van der Waals surface area contributed by atoms with Gasteiger partial charge in [-0.2, -0.15) is 4.73 Å². The quantitative estimate of drug-likeness (QED) is 0.192. The molecule has 0 atom stereocenters. The molecule has 2 nitrogen and oxygen atoms in total. The molecule has 44 valence electrons. The number of nitrogens with zero attached hydrogens (tertiary/aromatic N) is 1. The second kappa shape index (κ2) is 4.17. The van der Waals surface area contributed by atoms with Gasteiger partial charge in [-0.3, -0.25) is 0 Å². The van der Waals surface area contributed by atoms with E-state index in [9.17, 15) is 5.21 Å². The van der Waals surface area contributed by atoms with Crippen molar-refractivity contribution in [3.63, 3.8) is 0 Å². The molecule has 0 radical (unpaired) electrons. The predicted molar refractivity (Wildman–Crippen MR) is 33.8 cm³/mol. The molecule has 1 heterocycles. The minimum Gasteiger partial charge on any atom is -1.00 e. The van der Waals surface area contributed by atoms with Gasteiger partial charge in [0.1, 0.15) is 0 Å². The fourth-order valence-electron chi connectivity index (χ4n) is 0.443. The molecule has 0 N–H and O–H groups in total. The summed E-state index contributed by atoms with van der Waals surface area (Å²) in [6, 6.07) is 3.40. The molecule has 0 aromatic carbocycles. The fourth-order valence-corrected chi connectivity index (χ4v) is 0.643. The summed E-state index contributed by atoms with van der Waals surface area (Å²) in [5, 5.41) is 10.4. The van der Waals surface area contributed by atoms with E-state index < -0.39 is 0 Å². The summed E-state index contributed by atoms with van der Waals surface area (Å²) in [6.45, 7) is 0. The van der Waals surface area contributed by atoms with E-state index >= 15 is 0 Å². The first kappa shape index (κ1) is 9.30. The molecule has 0 bridgehead atoms. The van der Waals surface area contributed by atoms with E-state index in [1.165, 1.54) is 12.4 Å². The minimum absolute atomic E-state index is 0. The van der Waals surface area contributed by atoms with Gasteiger partial charge in [0.05, 0.1) is 4.90 Å². The van der Waals surface area contributed by atoms with Crippen LogP contribution < -0.4 is 34.3 Å². The third-order valence-electron chi connectivity index (χ3n) is 0.759. The van der Waals surface area contributed by atoms with Crippen LogP contribution in [-0.2, 0) is 0 Å². The summed E-state index contributed by atoms with van der Waals surface area (Å²) < 4.78 is 0.711. The molecule has 9 heavy (non-hydrogen) atoms. The van der Waals surface area contributed by atoms with Gasteiger partial charge in [-0.15, -0.1) is 12.6 Å². The van der Waals surface area contributed by atoms with E-state index in [1.54, 1.807) is 12.1 Å². The van der Waals surface area contributed by atoms with E-state index in [4.69, 9.17) is 0 Å². The molecule has 0 saturated carbocycles. The van der Waals surface area contributed by atoms with Crippen molar-refractivity contribution in [2.24, 2.45) is 0 Å². The number of hydrogen-bond donors (Lipinski definition) is 1. The Bertz CT molecular complexity index is 182. The van der Waals surface area contributed by atoms with Crippen LogP contribution in [0.2, 0.25) is 0 Å². The number of aromatic nitrogens is 1. The number of pyridine rings is 1. The van der Waals surface area contributed by atoms with Crippen molar-refractivity contribution in [2.75, 3.05) is 0 Å². The van der Waals surface area contributed by atoms with Crippen molar-refractivity contribution in [1.29, 1.82) is 0 Å². The third-order valence-corrected chi connectivity index (χ3v) is 1.02. The standard InChI is InChI=1S/C5H5NOS.Na.H/c7-6-3-1-2-5(8)4-6;;/h1-4,8H;;/q;+1;-1. The molecule has 1 aromatic heterocycles. The zero-order valence-electron chi connectivity index (χ0n) is 6.11. The van der Waals surface area contributed by atoms with Crippen LogP contribution in [0, 0.1) is 5.21 Å². The Balaban J connectivity index is 0. The monoisotopic (exact) mass is 151 g/mol. The molecule has 0 fully saturated rings. The Morgan fingerprint density at radius 3 is 2.67 bits per heavy atom. The van der Waals surface area contributed by atoms with Crippen molar-refractivity contribution in [2.45, 2.75) is 4.90 Å². The maximum atomic E-state index is 10.4. The molecule has 0 amide bonds. The summed E-state index contributed by atoms with van der Waals surface area (Å²) in [4.78, 5) is 0.683. The maximum Gasteiger partial charge on any atom is 1.00 e. The summed E-state index contributed by atoms with van der Waals surface area (Å²) >= 11 is 3.93. The van der Waals surface area contributed by atoms with Gasteiger partial charge in [-0.25, -0.2) is 0 Å². The van der Waals surface area contributed by atoms with Crippen LogP contribution in [0.1, 0.15) is 1.43 Å². The summed E-state index contributed by atoms with van der Waals surface area (Å²) in [5.74, 6) is 0. The van der Waals surface area contributed by atoms with Gasteiger partial charge in [-0.1, -0.05) is 0 Å². The average molecular weight is 151 g/mol. The van der Waals surface area contributed by atoms with Crippen LogP contribution in [0.4, 0.5) is 0 Å². The third kappa shape index (κ3) is 3.11. The van der Waals surface area contributed by atoms with Crippen LogP contribution in [-0.4, -0.2) is 0 Å². The average Bonchev–Trinajstić information content (AvgIpc) is 1.64. The second-order valence-corrected chi connectivity index (χ2v) is 1.94. The first-order valence-corrected chi connectivity index (χ1v) is 2.61. The largest absolute Gasteiger partial charge is 1.00 e. The molecule has 0 aliphatic carbocycles.